The van der Waals surface area contributed by atoms with Crippen LogP contribution in [0.5, 0.6) is 0 Å². The molecule has 0 aromatic carbocycles. The zero-order valence-electron chi connectivity index (χ0n) is 13.4. The molecule has 1 aliphatic rings. The molecule has 7 heteroatoms. The number of carbonyl (C=O) groups is 1. The first-order valence-electron chi connectivity index (χ1n) is 8.12. The zero-order chi connectivity index (χ0) is 16.1. The Morgan fingerprint density at radius 3 is 2.96 bits per heavy atom. The number of nitrogens with one attached hydrogen (secondary N) is 1. The number of thiophene rings is 1. The van der Waals surface area contributed by atoms with Crippen molar-refractivity contribution >= 4 is 17.2 Å². The molecule has 1 amide bonds. The second kappa shape index (κ2) is 7.70. The van der Waals surface area contributed by atoms with Crippen LogP contribution in [0.3, 0.4) is 0 Å². The second-order valence-electron chi connectivity index (χ2n) is 6.01. The summed E-state index contributed by atoms with van der Waals surface area (Å²) in [6.07, 6.45) is 5.11. The minimum absolute atomic E-state index is 0.00879. The van der Waals surface area contributed by atoms with E-state index in [9.17, 15) is 4.79 Å². The summed E-state index contributed by atoms with van der Waals surface area (Å²) in [6.45, 7) is 3.37. The van der Waals surface area contributed by atoms with Crippen LogP contribution in [-0.2, 0) is 6.54 Å². The van der Waals surface area contributed by atoms with Gasteiger partial charge in [0.25, 0.3) is 5.91 Å². The lowest BCUT2D eigenvalue weighted by Gasteiger charge is -2.31. The quantitative estimate of drug-likeness (QED) is 0.876. The Morgan fingerprint density at radius 1 is 1.43 bits per heavy atom. The number of likely N-dealkylation sites (tertiary alicyclic amines) is 1. The van der Waals surface area contributed by atoms with E-state index in [1.165, 1.54) is 11.3 Å². The molecule has 2 aromatic heterocycles. The minimum Gasteiger partial charge on any atom is -0.337 e. The van der Waals surface area contributed by atoms with Gasteiger partial charge in [-0.1, -0.05) is 11.3 Å². The summed E-state index contributed by atoms with van der Waals surface area (Å²) in [7, 11) is 1.98. The molecule has 0 aliphatic carbocycles. The van der Waals surface area contributed by atoms with Crippen LogP contribution >= 0.6 is 11.3 Å². The molecular formula is C16H23N5OS. The maximum absolute atomic E-state index is 12.5. The van der Waals surface area contributed by atoms with E-state index in [4.69, 9.17) is 0 Å². The predicted octanol–water partition coefficient (Wildman–Crippen LogP) is 1.85. The van der Waals surface area contributed by atoms with Crippen molar-refractivity contribution in [3.8, 4) is 0 Å². The summed E-state index contributed by atoms with van der Waals surface area (Å²) in [5, 5.41) is 13.4. The van der Waals surface area contributed by atoms with Crippen molar-refractivity contribution in [3.63, 3.8) is 0 Å². The van der Waals surface area contributed by atoms with E-state index in [0.29, 0.717) is 12.2 Å². The Labute approximate surface area is 140 Å². The van der Waals surface area contributed by atoms with E-state index < -0.39 is 0 Å². The number of amides is 1. The van der Waals surface area contributed by atoms with Gasteiger partial charge in [-0.3, -0.25) is 4.79 Å². The third kappa shape index (κ3) is 4.17. The predicted molar refractivity (Wildman–Crippen MR) is 90.6 cm³/mol. The molecule has 1 saturated heterocycles. The first kappa shape index (κ1) is 16.1. The molecule has 2 aromatic rings. The van der Waals surface area contributed by atoms with Gasteiger partial charge in [-0.05, 0) is 50.2 Å². The molecule has 23 heavy (non-hydrogen) atoms. The maximum atomic E-state index is 12.5. The van der Waals surface area contributed by atoms with Crippen LogP contribution in [0, 0.1) is 5.92 Å². The van der Waals surface area contributed by atoms with Gasteiger partial charge in [-0.25, -0.2) is 4.68 Å². The highest BCUT2D eigenvalue weighted by Crippen LogP contribution is 2.21. The van der Waals surface area contributed by atoms with Crippen LogP contribution in [0.15, 0.2) is 23.7 Å². The van der Waals surface area contributed by atoms with E-state index in [1.54, 1.807) is 22.2 Å². The summed E-state index contributed by atoms with van der Waals surface area (Å²) >= 11 is 1.68. The van der Waals surface area contributed by atoms with Crippen molar-refractivity contribution in [2.45, 2.75) is 25.8 Å². The Hall–Kier alpha value is -1.73. The van der Waals surface area contributed by atoms with Crippen LogP contribution in [-0.4, -0.2) is 52.5 Å². The normalized spacial score (nSPS) is 16.0. The smallest absolute Gasteiger partial charge is 0.276 e. The van der Waals surface area contributed by atoms with E-state index in [0.717, 1.165) is 38.4 Å². The van der Waals surface area contributed by atoms with Gasteiger partial charge in [0.1, 0.15) is 0 Å². The lowest BCUT2D eigenvalue weighted by Crippen LogP contribution is -2.39. The van der Waals surface area contributed by atoms with Crippen LogP contribution in [0.4, 0.5) is 0 Å². The fraction of sp³-hybridized carbons (Fsp3) is 0.562. The molecule has 1 fully saturated rings. The van der Waals surface area contributed by atoms with E-state index in [2.05, 4.69) is 21.7 Å². The number of aromatic nitrogens is 3. The Bertz CT molecular complexity index is 616. The van der Waals surface area contributed by atoms with Gasteiger partial charge in [0.05, 0.1) is 12.7 Å². The molecule has 6 nitrogen and oxygen atoms in total. The summed E-state index contributed by atoms with van der Waals surface area (Å²) < 4.78 is 1.73. The molecule has 3 rings (SSSR count). The van der Waals surface area contributed by atoms with Gasteiger partial charge < -0.3 is 10.2 Å². The van der Waals surface area contributed by atoms with Gasteiger partial charge in [0, 0.05) is 18.0 Å². The van der Waals surface area contributed by atoms with E-state index >= 15 is 0 Å². The molecule has 0 unspecified atom stereocenters. The molecular weight excluding hydrogens is 310 g/mol. The highest BCUT2D eigenvalue weighted by Gasteiger charge is 2.25. The monoisotopic (exact) mass is 333 g/mol. The van der Waals surface area contributed by atoms with Crippen molar-refractivity contribution in [2.75, 3.05) is 26.7 Å². The van der Waals surface area contributed by atoms with Gasteiger partial charge in [-0.2, -0.15) is 0 Å². The summed E-state index contributed by atoms with van der Waals surface area (Å²) in [6, 6.07) is 4.07. The highest BCUT2D eigenvalue weighted by atomic mass is 32.1. The SMILES string of the molecule is CNCCC1CCN(C(=O)c2cn(Cc3cccs3)nn2)CC1. The minimum atomic E-state index is 0.00879. The number of hydrogen-bond acceptors (Lipinski definition) is 5. The second-order valence-corrected chi connectivity index (χ2v) is 7.04. The summed E-state index contributed by atoms with van der Waals surface area (Å²) in [5.74, 6) is 0.732. The van der Waals surface area contributed by atoms with Crippen LogP contribution in [0.2, 0.25) is 0 Å². The van der Waals surface area contributed by atoms with Crippen molar-refractivity contribution in [3.05, 3.63) is 34.3 Å². The molecule has 1 aliphatic heterocycles. The number of rotatable bonds is 6. The average molecular weight is 333 g/mol. The van der Waals surface area contributed by atoms with Crippen LogP contribution < -0.4 is 5.32 Å². The molecule has 0 bridgehead atoms. The topological polar surface area (TPSA) is 63.1 Å². The molecule has 0 radical (unpaired) electrons. The van der Waals surface area contributed by atoms with Crippen molar-refractivity contribution < 1.29 is 4.79 Å². The van der Waals surface area contributed by atoms with Crippen molar-refractivity contribution in [1.82, 2.24) is 25.2 Å². The Balaban J connectivity index is 1.53. The summed E-state index contributed by atoms with van der Waals surface area (Å²) in [4.78, 5) is 15.7. The summed E-state index contributed by atoms with van der Waals surface area (Å²) in [5.41, 5.74) is 0.454. The number of nitrogens with zero attached hydrogens (tertiary/aromatic N) is 4. The highest BCUT2D eigenvalue weighted by molar-refractivity contribution is 7.09. The van der Waals surface area contributed by atoms with Gasteiger partial charge in [-0.15, -0.1) is 16.4 Å². The fourth-order valence-corrected chi connectivity index (χ4v) is 3.67. The average Bonchev–Trinajstić information content (AvgIpc) is 3.25. The van der Waals surface area contributed by atoms with Crippen molar-refractivity contribution in [1.29, 1.82) is 0 Å². The Kier molecular flexibility index (Phi) is 5.40. The standard InChI is InChI=1S/C16H23N5OS/c1-17-7-4-13-5-8-20(9-6-13)16(22)15-12-21(19-18-15)11-14-3-2-10-23-14/h2-3,10,12-13,17H,4-9,11H2,1H3. The van der Waals surface area contributed by atoms with Gasteiger partial charge in [0.2, 0.25) is 0 Å². The molecule has 124 valence electrons. The molecule has 0 atom stereocenters. The third-order valence-corrected chi connectivity index (χ3v) is 5.22. The first-order chi connectivity index (χ1) is 11.3. The number of carbonyl (C=O) groups excluding carboxylic acids is 1. The molecule has 3 heterocycles. The van der Waals surface area contributed by atoms with Gasteiger partial charge >= 0.3 is 0 Å². The molecule has 1 N–H and O–H groups in total. The van der Waals surface area contributed by atoms with Crippen molar-refractivity contribution in [2.24, 2.45) is 5.92 Å². The largest absolute Gasteiger partial charge is 0.337 e. The van der Waals surface area contributed by atoms with E-state index in [-0.39, 0.29) is 5.91 Å². The first-order valence-corrected chi connectivity index (χ1v) is 9.00. The fourth-order valence-electron chi connectivity index (χ4n) is 2.97. The lowest BCUT2D eigenvalue weighted by molar-refractivity contribution is 0.0681. The van der Waals surface area contributed by atoms with Crippen LogP contribution in [0.1, 0.15) is 34.6 Å². The molecule has 0 saturated carbocycles. The van der Waals surface area contributed by atoms with E-state index in [1.807, 2.05) is 23.4 Å². The van der Waals surface area contributed by atoms with Gasteiger partial charge in [0.15, 0.2) is 5.69 Å². The maximum Gasteiger partial charge on any atom is 0.276 e. The lowest BCUT2D eigenvalue weighted by atomic mass is 9.93. The Morgan fingerprint density at radius 2 is 2.26 bits per heavy atom. The zero-order valence-corrected chi connectivity index (χ0v) is 14.3. The molecule has 0 spiro atoms. The number of hydrogen-bond donors (Lipinski definition) is 1. The van der Waals surface area contributed by atoms with Crippen LogP contribution in [0.25, 0.3) is 0 Å². The third-order valence-electron chi connectivity index (χ3n) is 4.36. The number of piperidine rings is 1.